The molecule has 29 heavy (non-hydrogen) atoms. The summed E-state index contributed by atoms with van der Waals surface area (Å²) in [4.78, 5) is 12.6. The highest BCUT2D eigenvalue weighted by atomic mass is 16.5. The Kier molecular flexibility index (Phi) is 5.30. The second kappa shape index (κ2) is 8.19. The fraction of sp³-hybridized carbons (Fsp3) is 0.115. The molecule has 1 aliphatic heterocycles. The monoisotopic (exact) mass is 382 g/mol. The first-order valence-electron chi connectivity index (χ1n) is 9.67. The lowest BCUT2D eigenvalue weighted by atomic mass is 10.1. The molecule has 3 aromatic carbocycles. The highest BCUT2D eigenvalue weighted by Gasteiger charge is 2.27. The fourth-order valence-corrected chi connectivity index (χ4v) is 3.17. The molecule has 0 unspecified atom stereocenters. The SMILES string of the molecule is C=Cc1ccc(COc2ccc3c(c2)O/C(=C/c2ccc(CC)cc2)C3=O)cc1. The van der Waals surface area contributed by atoms with Crippen molar-refractivity contribution in [1.29, 1.82) is 0 Å². The van der Waals surface area contributed by atoms with Gasteiger partial charge in [-0.25, -0.2) is 0 Å². The molecule has 3 nitrogen and oxygen atoms in total. The van der Waals surface area contributed by atoms with Crippen LogP contribution in [-0.4, -0.2) is 5.78 Å². The van der Waals surface area contributed by atoms with Crippen molar-refractivity contribution >= 4 is 17.9 Å². The van der Waals surface area contributed by atoms with E-state index in [0.29, 0.717) is 29.4 Å². The third-order valence-electron chi connectivity index (χ3n) is 4.95. The molecule has 0 bridgehead atoms. The third kappa shape index (κ3) is 4.14. The van der Waals surface area contributed by atoms with E-state index < -0.39 is 0 Å². The molecule has 0 radical (unpaired) electrons. The van der Waals surface area contributed by atoms with E-state index in [0.717, 1.165) is 23.1 Å². The number of Topliss-reactive ketones (excluding diaryl/α,β-unsaturated/α-hetero) is 1. The van der Waals surface area contributed by atoms with Gasteiger partial charge in [-0.05, 0) is 46.9 Å². The van der Waals surface area contributed by atoms with Crippen LogP contribution in [0.15, 0.2) is 79.1 Å². The number of carbonyl (C=O) groups excluding carboxylic acids is 1. The van der Waals surface area contributed by atoms with E-state index in [1.165, 1.54) is 5.56 Å². The van der Waals surface area contributed by atoms with Gasteiger partial charge in [-0.2, -0.15) is 0 Å². The number of carbonyl (C=O) groups is 1. The Balaban J connectivity index is 1.47. The summed E-state index contributed by atoms with van der Waals surface area (Å²) in [6, 6.07) is 21.5. The minimum atomic E-state index is -0.105. The molecule has 0 aromatic heterocycles. The van der Waals surface area contributed by atoms with Crippen molar-refractivity contribution in [2.24, 2.45) is 0 Å². The van der Waals surface area contributed by atoms with Crippen molar-refractivity contribution in [2.45, 2.75) is 20.0 Å². The van der Waals surface area contributed by atoms with Crippen LogP contribution in [0.4, 0.5) is 0 Å². The molecular formula is C26H22O3. The summed E-state index contributed by atoms with van der Waals surface area (Å²) in [5.74, 6) is 1.43. The molecule has 0 aliphatic carbocycles. The van der Waals surface area contributed by atoms with E-state index in [1.807, 2.05) is 42.5 Å². The number of rotatable bonds is 6. The van der Waals surface area contributed by atoms with Crippen LogP contribution < -0.4 is 9.47 Å². The Morgan fingerprint density at radius 3 is 2.31 bits per heavy atom. The maximum Gasteiger partial charge on any atom is 0.231 e. The zero-order valence-electron chi connectivity index (χ0n) is 16.4. The van der Waals surface area contributed by atoms with Crippen molar-refractivity contribution in [2.75, 3.05) is 0 Å². The van der Waals surface area contributed by atoms with Gasteiger partial charge >= 0.3 is 0 Å². The van der Waals surface area contributed by atoms with Crippen LogP contribution in [0.3, 0.4) is 0 Å². The zero-order valence-corrected chi connectivity index (χ0v) is 16.4. The number of benzene rings is 3. The van der Waals surface area contributed by atoms with Gasteiger partial charge in [-0.3, -0.25) is 4.79 Å². The Bertz CT molecular complexity index is 1070. The maximum atomic E-state index is 12.6. The largest absolute Gasteiger partial charge is 0.489 e. The van der Waals surface area contributed by atoms with E-state index in [9.17, 15) is 4.79 Å². The van der Waals surface area contributed by atoms with Gasteiger partial charge in [0, 0.05) is 6.07 Å². The number of ketones is 1. The standard InChI is InChI=1S/C26H22O3/c1-3-18-5-9-20(10-6-18)15-25-26(27)23-14-13-22(16-24(23)29-25)28-17-21-11-7-19(4-2)8-12-21/h4-16H,2-3,17H2,1H3/b25-15+. The van der Waals surface area contributed by atoms with Crippen LogP contribution in [0.1, 0.15) is 39.5 Å². The fourth-order valence-electron chi connectivity index (χ4n) is 3.17. The summed E-state index contributed by atoms with van der Waals surface area (Å²) in [7, 11) is 0. The first-order chi connectivity index (χ1) is 14.2. The lowest BCUT2D eigenvalue weighted by molar-refractivity contribution is 0.101. The molecule has 4 rings (SSSR count). The van der Waals surface area contributed by atoms with E-state index >= 15 is 0 Å². The zero-order chi connectivity index (χ0) is 20.2. The predicted octanol–water partition coefficient (Wildman–Crippen LogP) is 6.09. The number of ether oxygens (including phenoxy) is 2. The Hall–Kier alpha value is -3.59. The van der Waals surface area contributed by atoms with E-state index in [1.54, 1.807) is 24.3 Å². The normalized spacial score (nSPS) is 13.8. The number of hydrogen-bond donors (Lipinski definition) is 0. The lowest BCUT2D eigenvalue weighted by Gasteiger charge is -2.07. The third-order valence-corrected chi connectivity index (χ3v) is 4.95. The molecule has 1 heterocycles. The van der Waals surface area contributed by atoms with Crippen molar-refractivity contribution < 1.29 is 14.3 Å². The van der Waals surface area contributed by atoms with Gasteiger partial charge in [-0.1, -0.05) is 68.1 Å². The topological polar surface area (TPSA) is 35.5 Å². The quantitative estimate of drug-likeness (QED) is 0.484. The molecule has 1 aliphatic rings. The number of allylic oxidation sites excluding steroid dienone is 1. The molecule has 0 fully saturated rings. The minimum Gasteiger partial charge on any atom is -0.489 e. The number of fused-ring (bicyclic) bond motifs is 1. The molecule has 0 saturated carbocycles. The molecule has 0 saturated heterocycles. The average Bonchev–Trinajstić information content (AvgIpc) is 3.07. The summed E-state index contributed by atoms with van der Waals surface area (Å²) >= 11 is 0. The van der Waals surface area contributed by atoms with Crippen molar-refractivity contribution in [3.05, 3.63) is 107 Å². The second-order valence-corrected chi connectivity index (χ2v) is 6.93. The van der Waals surface area contributed by atoms with Gasteiger partial charge in [0.2, 0.25) is 5.78 Å². The van der Waals surface area contributed by atoms with Crippen molar-refractivity contribution in [3.8, 4) is 11.5 Å². The molecular weight excluding hydrogens is 360 g/mol. The van der Waals surface area contributed by atoms with Gasteiger partial charge in [0.25, 0.3) is 0 Å². The summed E-state index contributed by atoms with van der Waals surface area (Å²) < 4.78 is 11.7. The van der Waals surface area contributed by atoms with Gasteiger partial charge in [0.15, 0.2) is 5.76 Å². The second-order valence-electron chi connectivity index (χ2n) is 6.93. The smallest absolute Gasteiger partial charge is 0.231 e. The Morgan fingerprint density at radius 1 is 0.931 bits per heavy atom. The van der Waals surface area contributed by atoms with E-state index in [4.69, 9.17) is 9.47 Å². The van der Waals surface area contributed by atoms with E-state index in [2.05, 4.69) is 25.6 Å². The van der Waals surface area contributed by atoms with E-state index in [-0.39, 0.29) is 5.78 Å². The van der Waals surface area contributed by atoms with Crippen LogP contribution in [0.25, 0.3) is 12.2 Å². The summed E-state index contributed by atoms with van der Waals surface area (Å²) in [6.45, 7) is 6.31. The molecule has 0 N–H and O–H groups in total. The van der Waals surface area contributed by atoms with Crippen LogP contribution in [-0.2, 0) is 13.0 Å². The van der Waals surface area contributed by atoms with Crippen LogP contribution >= 0.6 is 0 Å². The van der Waals surface area contributed by atoms with Crippen LogP contribution in [0.5, 0.6) is 11.5 Å². The van der Waals surface area contributed by atoms with Gasteiger partial charge in [-0.15, -0.1) is 0 Å². The average molecular weight is 382 g/mol. The lowest BCUT2D eigenvalue weighted by Crippen LogP contribution is -1.98. The predicted molar refractivity (Wildman–Crippen MR) is 116 cm³/mol. The van der Waals surface area contributed by atoms with Gasteiger partial charge < -0.3 is 9.47 Å². The Morgan fingerprint density at radius 2 is 1.62 bits per heavy atom. The molecule has 3 aromatic rings. The molecule has 3 heteroatoms. The van der Waals surface area contributed by atoms with Gasteiger partial charge in [0.1, 0.15) is 18.1 Å². The Labute approximate surface area is 170 Å². The highest BCUT2D eigenvalue weighted by Crippen LogP contribution is 2.35. The number of hydrogen-bond acceptors (Lipinski definition) is 3. The van der Waals surface area contributed by atoms with Gasteiger partial charge in [0.05, 0.1) is 5.56 Å². The van der Waals surface area contributed by atoms with Crippen molar-refractivity contribution in [1.82, 2.24) is 0 Å². The minimum absolute atomic E-state index is 0.105. The molecule has 0 spiro atoms. The maximum absolute atomic E-state index is 12.6. The highest BCUT2D eigenvalue weighted by molar-refractivity contribution is 6.14. The van der Waals surface area contributed by atoms with Crippen LogP contribution in [0, 0.1) is 0 Å². The summed E-state index contributed by atoms with van der Waals surface area (Å²) in [6.07, 6.45) is 4.57. The molecule has 0 amide bonds. The summed E-state index contributed by atoms with van der Waals surface area (Å²) in [5, 5.41) is 0. The molecule has 144 valence electrons. The summed E-state index contributed by atoms with van der Waals surface area (Å²) in [5.41, 5.74) is 4.89. The van der Waals surface area contributed by atoms with Crippen molar-refractivity contribution in [3.63, 3.8) is 0 Å². The number of aryl methyl sites for hydroxylation is 1. The van der Waals surface area contributed by atoms with Crippen LogP contribution in [0.2, 0.25) is 0 Å². The first-order valence-corrected chi connectivity index (χ1v) is 9.67. The first kappa shape index (κ1) is 18.8. The molecule has 0 atom stereocenters.